The molecule has 3 rings (SSSR count). The van der Waals surface area contributed by atoms with E-state index in [1.807, 2.05) is 56.9 Å². The summed E-state index contributed by atoms with van der Waals surface area (Å²) in [5.74, 6) is 0.372. The SMILES string of the molecule is CCNC(=S)/N=C1/N(c2ccc(C#N)c(C(F)(F)F)c2)C(=S)N(c2ccc(C)cc2)C1(C)C. The van der Waals surface area contributed by atoms with Crippen LogP contribution in [0.1, 0.15) is 37.5 Å². The minimum absolute atomic E-state index is 0.145. The Bertz CT molecular complexity index is 1160. The number of aryl methyl sites for hydroxylation is 1. The van der Waals surface area contributed by atoms with Crippen LogP contribution in [0.3, 0.4) is 0 Å². The highest BCUT2D eigenvalue weighted by Crippen LogP contribution is 2.40. The number of aliphatic imine (C=N–C) groups is 1. The van der Waals surface area contributed by atoms with Gasteiger partial charge in [-0.2, -0.15) is 18.4 Å². The fraction of sp³-hybridized carbons (Fsp3) is 0.304. The van der Waals surface area contributed by atoms with Crippen molar-refractivity contribution in [2.24, 2.45) is 4.99 Å². The molecule has 1 N–H and O–H groups in total. The molecule has 2 aromatic rings. The Morgan fingerprint density at radius 2 is 1.76 bits per heavy atom. The number of hydrogen-bond acceptors (Lipinski definition) is 3. The van der Waals surface area contributed by atoms with Crippen molar-refractivity contribution in [3.8, 4) is 6.07 Å². The van der Waals surface area contributed by atoms with Gasteiger partial charge in [0, 0.05) is 12.2 Å². The largest absolute Gasteiger partial charge is 0.417 e. The average molecular weight is 490 g/mol. The normalized spacial score (nSPS) is 16.8. The van der Waals surface area contributed by atoms with Crippen molar-refractivity contribution in [2.75, 3.05) is 16.3 Å². The van der Waals surface area contributed by atoms with Crippen molar-refractivity contribution in [1.29, 1.82) is 5.26 Å². The first-order chi connectivity index (χ1) is 15.4. The Morgan fingerprint density at radius 1 is 1.15 bits per heavy atom. The predicted octanol–water partition coefficient (Wildman–Crippen LogP) is 5.57. The Kier molecular flexibility index (Phi) is 6.77. The van der Waals surface area contributed by atoms with Crippen LogP contribution in [-0.2, 0) is 6.18 Å². The van der Waals surface area contributed by atoms with E-state index >= 15 is 0 Å². The third kappa shape index (κ3) is 4.70. The molecule has 0 amide bonds. The van der Waals surface area contributed by atoms with Gasteiger partial charge in [0.15, 0.2) is 10.2 Å². The van der Waals surface area contributed by atoms with Crippen LogP contribution in [-0.4, -0.2) is 28.1 Å². The summed E-state index contributed by atoms with van der Waals surface area (Å²) >= 11 is 11.1. The number of benzene rings is 2. The molecule has 1 aliphatic heterocycles. The minimum Gasteiger partial charge on any atom is -0.361 e. The molecule has 172 valence electrons. The molecular formula is C23H22F3N5S2. The van der Waals surface area contributed by atoms with Crippen LogP contribution in [0, 0.1) is 18.3 Å². The van der Waals surface area contributed by atoms with E-state index in [1.165, 1.54) is 11.0 Å². The zero-order valence-electron chi connectivity index (χ0n) is 18.5. The number of nitriles is 1. The Hall–Kier alpha value is -3.03. The molecule has 0 unspecified atom stereocenters. The van der Waals surface area contributed by atoms with E-state index in [-0.39, 0.29) is 15.9 Å². The molecule has 0 atom stereocenters. The van der Waals surface area contributed by atoms with Gasteiger partial charge in [0.05, 0.1) is 22.9 Å². The van der Waals surface area contributed by atoms with Gasteiger partial charge >= 0.3 is 6.18 Å². The number of nitrogens with one attached hydrogen (secondary N) is 1. The fourth-order valence-electron chi connectivity index (χ4n) is 3.64. The number of anilines is 2. The van der Waals surface area contributed by atoms with E-state index < -0.39 is 22.8 Å². The number of nitrogens with zero attached hydrogens (tertiary/aromatic N) is 4. The van der Waals surface area contributed by atoms with Crippen molar-refractivity contribution in [3.05, 3.63) is 59.2 Å². The molecule has 1 heterocycles. The lowest BCUT2D eigenvalue weighted by Gasteiger charge is -2.31. The lowest BCUT2D eigenvalue weighted by Crippen LogP contribution is -2.45. The highest BCUT2D eigenvalue weighted by molar-refractivity contribution is 7.81. The maximum absolute atomic E-state index is 13.7. The summed E-state index contributed by atoms with van der Waals surface area (Å²) in [5.41, 5.74) is -0.365. The molecule has 0 spiro atoms. The number of hydrogen-bond donors (Lipinski definition) is 1. The van der Waals surface area contributed by atoms with E-state index in [0.29, 0.717) is 12.4 Å². The number of thiocarbonyl (C=S) groups is 2. The lowest BCUT2D eigenvalue weighted by molar-refractivity contribution is -0.137. The Labute approximate surface area is 201 Å². The van der Waals surface area contributed by atoms with Gasteiger partial charge in [0.1, 0.15) is 11.4 Å². The Morgan fingerprint density at radius 3 is 2.30 bits per heavy atom. The number of alkyl halides is 3. The highest BCUT2D eigenvalue weighted by Gasteiger charge is 2.49. The number of halogens is 3. The van der Waals surface area contributed by atoms with Gasteiger partial charge in [-0.1, -0.05) is 17.7 Å². The average Bonchev–Trinajstić information content (AvgIpc) is 2.93. The second kappa shape index (κ2) is 9.08. The molecular weight excluding hydrogens is 467 g/mol. The molecule has 1 fully saturated rings. The molecule has 2 aromatic carbocycles. The first kappa shape index (κ1) is 24.6. The molecule has 5 nitrogen and oxygen atoms in total. The fourth-order valence-corrected chi connectivity index (χ4v) is 4.40. The van der Waals surface area contributed by atoms with Gasteiger partial charge in [-0.25, -0.2) is 4.99 Å². The summed E-state index contributed by atoms with van der Waals surface area (Å²) in [6.07, 6.45) is -4.70. The van der Waals surface area contributed by atoms with Gasteiger partial charge in [-0.15, -0.1) is 0 Å². The first-order valence-corrected chi connectivity index (χ1v) is 10.9. The third-order valence-electron chi connectivity index (χ3n) is 5.22. The second-order valence-electron chi connectivity index (χ2n) is 7.96. The summed E-state index contributed by atoms with van der Waals surface area (Å²) in [6, 6.07) is 12.8. The van der Waals surface area contributed by atoms with Crippen molar-refractivity contribution >= 4 is 51.9 Å². The van der Waals surface area contributed by atoms with Crippen molar-refractivity contribution < 1.29 is 13.2 Å². The molecule has 10 heteroatoms. The zero-order valence-corrected chi connectivity index (χ0v) is 20.1. The molecule has 0 aliphatic carbocycles. The molecule has 33 heavy (non-hydrogen) atoms. The van der Waals surface area contributed by atoms with Gasteiger partial charge in [-0.3, -0.25) is 4.90 Å². The van der Waals surface area contributed by atoms with Crippen LogP contribution in [0.15, 0.2) is 47.5 Å². The summed E-state index contributed by atoms with van der Waals surface area (Å²) in [6.45, 7) is 8.11. The summed E-state index contributed by atoms with van der Waals surface area (Å²) < 4.78 is 41.0. The van der Waals surface area contributed by atoms with E-state index in [9.17, 15) is 13.2 Å². The summed E-state index contributed by atoms with van der Waals surface area (Å²) in [5, 5.41) is 12.6. The number of amidine groups is 1. The standard InChI is InChI=1S/C23H22F3N5S2/c1-5-28-20(32)29-19-22(3,4)31(16-9-6-14(2)7-10-16)21(33)30(19)17-11-8-15(13-27)18(12-17)23(24,25)26/h6-12H,5H2,1-4H3,(H,28,32)/b29-19+. The number of rotatable bonds is 3. The van der Waals surface area contributed by atoms with Crippen molar-refractivity contribution in [3.63, 3.8) is 0 Å². The monoisotopic (exact) mass is 489 g/mol. The second-order valence-corrected chi connectivity index (χ2v) is 8.71. The predicted molar refractivity (Wildman–Crippen MR) is 133 cm³/mol. The molecule has 0 bridgehead atoms. The molecule has 1 saturated heterocycles. The summed E-state index contributed by atoms with van der Waals surface area (Å²) in [7, 11) is 0. The Balaban J connectivity index is 2.23. The van der Waals surface area contributed by atoms with E-state index in [4.69, 9.17) is 29.7 Å². The first-order valence-electron chi connectivity index (χ1n) is 10.1. The van der Waals surface area contributed by atoms with Crippen LogP contribution in [0.2, 0.25) is 0 Å². The van der Waals surface area contributed by atoms with E-state index in [0.717, 1.165) is 23.4 Å². The topological polar surface area (TPSA) is 54.7 Å². The third-order valence-corrected chi connectivity index (χ3v) is 5.82. The zero-order chi connectivity index (χ0) is 24.6. The van der Waals surface area contributed by atoms with Crippen molar-refractivity contribution in [1.82, 2.24) is 5.32 Å². The van der Waals surface area contributed by atoms with Crippen molar-refractivity contribution in [2.45, 2.75) is 39.4 Å². The van der Waals surface area contributed by atoms with E-state index in [2.05, 4.69) is 10.3 Å². The highest BCUT2D eigenvalue weighted by atomic mass is 32.1. The smallest absolute Gasteiger partial charge is 0.361 e. The van der Waals surface area contributed by atoms with Gasteiger partial charge in [0.25, 0.3) is 0 Å². The molecule has 0 radical (unpaired) electrons. The van der Waals surface area contributed by atoms with Gasteiger partial charge < -0.3 is 10.2 Å². The molecule has 0 saturated carbocycles. The minimum atomic E-state index is -4.70. The summed E-state index contributed by atoms with van der Waals surface area (Å²) in [4.78, 5) is 7.86. The van der Waals surface area contributed by atoms with E-state index in [1.54, 1.807) is 6.07 Å². The van der Waals surface area contributed by atoms with Crippen LogP contribution < -0.4 is 15.1 Å². The van der Waals surface area contributed by atoms with Crippen LogP contribution >= 0.6 is 24.4 Å². The van der Waals surface area contributed by atoms with Crippen LogP contribution in [0.25, 0.3) is 0 Å². The maximum Gasteiger partial charge on any atom is 0.417 e. The maximum atomic E-state index is 13.7. The molecule has 0 aromatic heterocycles. The lowest BCUT2D eigenvalue weighted by atomic mass is 10.0. The van der Waals surface area contributed by atoms with Gasteiger partial charge in [-0.05, 0) is 82.5 Å². The van der Waals surface area contributed by atoms with Crippen LogP contribution in [0.4, 0.5) is 24.5 Å². The van der Waals surface area contributed by atoms with Crippen LogP contribution in [0.5, 0.6) is 0 Å². The quantitative estimate of drug-likeness (QED) is 0.569. The molecule has 1 aliphatic rings. The van der Waals surface area contributed by atoms with Gasteiger partial charge in [0.2, 0.25) is 0 Å².